The Morgan fingerprint density at radius 2 is 2.29 bits per heavy atom. The number of pyridine rings is 1. The van der Waals surface area contributed by atoms with Gasteiger partial charge in [0.05, 0.1) is 11.3 Å². The fraction of sp³-hybridized carbons (Fsp3) is 0.545. The van der Waals surface area contributed by atoms with Crippen LogP contribution in [0, 0.1) is 6.92 Å². The number of nitrogens with zero attached hydrogens (tertiary/aromatic N) is 1. The van der Waals surface area contributed by atoms with E-state index in [-0.39, 0.29) is 0 Å². The second kappa shape index (κ2) is 4.42. The third kappa shape index (κ3) is 3.00. The van der Waals surface area contributed by atoms with E-state index in [0.717, 1.165) is 11.4 Å². The van der Waals surface area contributed by atoms with Crippen molar-refractivity contribution in [3.05, 3.63) is 24.0 Å². The van der Waals surface area contributed by atoms with E-state index < -0.39 is 5.60 Å². The third-order valence-corrected chi connectivity index (χ3v) is 2.26. The van der Waals surface area contributed by atoms with Crippen molar-refractivity contribution in [2.75, 3.05) is 6.61 Å². The summed E-state index contributed by atoms with van der Waals surface area (Å²) >= 11 is 0. The minimum absolute atomic E-state index is 0.302. The summed E-state index contributed by atoms with van der Waals surface area (Å²) in [4.78, 5) is 4.10. The van der Waals surface area contributed by atoms with Crippen molar-refractivity contribution in [1.29, 1.82) is 0 Å². The first-order valence-electron chi connectivity index (χ1n) is 4.82. The molecule has 0 amide bonds. The van der Waals surface area contributed by atoms with Crippen molar-refractivity contribution in [3.63, 3.8) is 0 Å². The first kappa shape index (κ1) is 11.0. The number of hydrogen-bond acceptors (Lipinski definition) is 3. The van der Waals surface area contributed by atoms with Crippen LogP contribution in [-0.4, -0.2) is 22.3 Å². The van der Waals surface area contributed by atoms with Crippen molar-refractivity contribution in [2.45, 2.75) is 32.8 Å². The van der Waals surface area contributed by atoms with Crippen LogP contribution in [0.4, 0.5) is 0 Å². The average Bonchev–Trinajstić information content (AvgIpc) is 2.17. The van der Waals surface area contributed by atoms with Crippen LogP contribution in [-0.2, 0) is 0 Å². The zero-order valence-corrected chi connectivity index (χ0v) is 8.95. The Morgan fingerprint density at radius 3 is 2.86 bits per heavy atom. The van der Waals surface area contributed by atoms with Crippen LogP contribution in [0.3, 0.4) is 0 Å². The molecular weight excluding hydrogens is 178 g/mol. The lowest BCUT2D eigenvalue weighted by atomic mass is 10.1. The molecule has 0 saturated heterocycles. The lowest BCUT2D eigenvalue weighted by Gasteiger charge is -2.21. The van der Waals surface area contributed by atoms with Gasteiger partial charge in [-0.05, 0) is 32.4 Å². The van der Waals surface area contributed by atoms with E-state index in [1.54, 1.807) is 13.1 Å². The van der Waals surface area contributed by atoms with Crippen molar-refractivity contribution in [2.24, 2.45) is 0 Å². The molecule has 0 bridgehead atoms. The van der Waals surface area contributed by atoms with Gasteiger partial charge in [-0.1, -0.05) is 6.92 Å². The summed E-state index contributed by atoms with van der Waals surface area (Å²) in [6.45, 7) is 5.88. The molecule has 0 spiro atoms. The van der Waals surface area contributed by atoms with E-state index in [1.807, 2.05) is 26.0 Å². The largest absolute Gasteiger partial charge is 0.489 e. The molecule has 0 radical (unpaired) electrons. The molecule has 1 atom stereocenters. The molecule has 1 unspecified atom stereocenters. The van der Waals surface area contributed by atoms with Gasteiger partial charge in [0.2, 0.25) is 0 Å². The van der Waals surface area contributed by atoms with E-state index in [4.69, 9.17) is 4.74 Å². The Kier molecular flexibility index (Phi) is 3.47. The van der Waals surface area contributed by atoms with Gasteiger partial charge in [-0.2, -0.15) is 0 Å². The van der Waals surface area contributed by atoms with Gasteiger partial charge in [-0.3, -0.25) is 4.98 Å². The molecule has 0 aliphatic heterocycles. The second-order valence-corrected chi connectivity index (χ2v) is 3.73. The maximum atomic E-state index is 9.73. The molecule has 0 aliphatic carbocycles. The first-order valence-corrected chi connectivity index (χ1v) is 4.82. The standard InChI is InChI=1S/C11H17NO2/c1-4-11(3,13)8-14-10-6-5-7-12-9(10)2/h5-7,13H,4,8H2,1-3H3. The van der Waals surface area contributed by atoms with Gasteiger partial charge in [-0.25, -0.2) is 0 Å². The molecule has 0 fully saturated rings. The molecule has 1 aromatic heterocycles. The van der Waals surface area contributed by atoms with Gasteiger partial charge in [-0.15, -0.1) is 0 Å². The monoisotopic (exact) mass is 195 g/mol. The summed E-state index contributed by atoms with van der Waals surface area (Å²) in [5.41, 5.74) is 0.0850. The maximum Gasteiger partial charge on any atom is 0.140 e. The summed E-state index contributed by atoms with van der Waals surface area (Å²) in [6, 6.07) is 3.68. The fourth-order valence-corrected chi connectivity index (χ4v) is 0.957. The van der Waals surface area contributed by atoms with Crippen LogP contribution >= 0.6 is 0 Å². The van der Waals surface area contributed by atoms with Crippen molar-refractivity contribution in [3.8, 4) is 5.75 Å². The number of aryl methyl sites for hydroxylation is 1. The SMILES string of the molecule is CCC(C)(O)COc1cccnc1C. The summed E-state index contributed by atoms with van der Waals surface area (Å²) in [5, 5.41) is 9.73. The van der Waals surface area contributed by atoms with E-state index >= 15 is 0 Å². The zero-order valence-electron chi connectivity index (χ0n) is 8.95. The molecule has 0 aromatic carbocycles. The van der Waals surface area contributed by atoms with Crippen LogP contribution < -0.4 is 4.74 Å². The average molecular weight is 195 g/mol. The van der Waals surface area contributed by atoms with E-state index in [1.165, 1.54) is 0 Å². The molecule has 1 heterocycles. The predicted octanol–water partition coefficient (Wildman–Crippen LogP) is 1.93. The number of aliphatic hydroxyl groups is 1. The van der Waals surface area contributed by atoms with Crippen molar-refractivity contribution < 1.29 is 9.84 Å². The normalized spacial score (nSPS) is 14.9. The zero-order chi connectivity index (χ0) is 10.6. The number of rotatable bonds is 4. The van der Waals surface area contributed by atoms with E-state index in [0.29, 0.717) is 13.0 Å². The number of aromatic nitrogens is 1. The molecule has 3 nitrogen and oxygen atoms in total. The van der Waals surface area contributed by atoms with Crippen LogP contribution in [0.5, 0.6) is 5.75 Å². The topological polar surface area (TPSA) is 42.4 Å². The molecule has 1 N–H and O–H groups in total. The van der Waals surface area contributed by atoms with Crippen LogP contribution in [0.25, 0.3) is 0 Å². The third-order valence-electron chi connectivity index (χ3n) is 2.26. The Bertz CT molecular complexity index is 297. The molecular formula is C11H17NO2. The van der Waals surface area contributed by atoms with Gasteiger partial charge in [0.25, 0.3) is 0 Å². The van der Waals surface area contributed by atoms with Crippen LogP contribution in [0.1, 0.15) is 26.0 Å². The first-order chi connectivity index (χ1) is 6.55. The highest BCUT2D eigenvalue weighted by Crippen LogP contribution is 2.17. The van der Waals surface area contributed by atoms with Gasteiger partial charge in [0.1, 0.15) is 12.4 Å². The Balaban J connectivity index is 2.58. The van der Waals surface area contributed by atoms with Crippen LogP contribution in [0.15, 0.2) is 18.3 Å². The molecule has 0 aliphatic rings. The molecule has 1 rings (SSSR count). The second-order valence-electron chi connectivity index (χ2n) is 3.73. The smallest absolute Gasteiger partial charge is 0.140 e. The number of hydrogen-bond donors (Lipinski definition) is 1. The van der Waals surface area contributed by atoms with Gasteiger partial charge in [0, 0.05) is 6.20 Å². The minimum Gasteiger partial charge on any atom is -0.489 e. The van der Waals surface area contributed by atoms with Crippen LogP contribution in [0.2, 0.25) is 0 Å². The van der Waals surface area contributed by atoms with E-state index in [9.17, 15) is 5.11 Å². The van der Waals surface area contributed by atoms with Crippen molar-refractivity contribution in [1.82, 2.24) is 4.98 Å². The lowest BCUT2D eigenvalue weighted by molar-refractivity contribution is 0.00815. The summed E-state index contributed by atoms with van der Waals surface area (Å²) in [5.74, 6) is 0.737. The Morgan fingerprint density at radius 1 is 1.57 bits per heavy atom. The fourth-order valence-electron chi connectivity index (χ4n) is 0.957. The van der Waals surface area contributed by atoms with Gasteiger partial charge >= 0.3 is 0 Å². The van der Waals surface area contributed by atoms with E-state index in [2.05, 4.69) is 4.98 Å². The molecule has 3 heteroatoms. The Hall–Kier alpha value is -1.09. The van der Waals surface area contributed by atoms with Gasteiger partial charge in [0.15, 0.2) is 0 Å². The molecule has 14 heavy (non-hydrogen) atoms. The van der Waals surface area contributed by atoms with Gasteiger partial charge < -0.3 is 9.84 Å². The molecule has 0 saturated carbocycles. The summed E-state index contributed by atoms with van der Waals surface area (Å²) in [6.07, 6.45) is 2.40. The number of ether oxygens (including phenoxy) is 1. The highest BCUT2D eigenvalue weighted by atomic mass is 16.5. The maximum absolute atomic E-state index is 9.73. The highest BCUT2D eigenvalue weighted by Gasteiger charge is 2.18. The molecule has 1 aromatic rings. The predicted molar refractivity (Wildman–Crippen MR) is 55.4 cm³/mol. The summed E-state index contributed by atoms with van der Waals surface area (Å²) in [7, 11) is 0. The quantitative estimate of drug-likeness (QED) is 0.798. The Labute approximate surface area is 84.7 Å². The van der Waals surface area contributed by atoms with Crippen molar-refractivity contribution >= 4 is 0 Å². The molecule has 78 valence electrons. The minimum atomic E-state index is -0.762. The lowest BCUT2D eigenvalue weighted by Crippen LogP contribution is -2.31. The highest BCUT2D eigenvalue weighted by molar-refractivity contribution is 5.25. The summed E-state index contributed by atoms with van der Waals surface area (Å²) < 4.78 is 5.48.